The van der Waals surface area contributed by atoms with E-state index >= 15 is 0 Å². The summed E-state index contributed by atoms with van der Waals surface area (Å²) in [7, 11) is 0. The molecule has 0 unspecified atom stereocenters. The summed E-state index contributed by atoms with van der Waals surface area (Å²) >= 11 is 0. The molecule has 0 aromatic carbocycles. The van der Waals surface area contributed by atoms with Gasteiger partial charge in [-0.05, 0) is 30.4 Å². The first-order chi connectivity index (χ1) is 7.44. The third kappa shape index (κ3) is 3.70. The van der Waals surface area contributed by atoms with Crippen molar-refractivity contribution >= 4 is 11.5 Å². The second-order valence-electron chi connectivity index (χ2n) is 4.94. The van der Waals surface area contributed by atoms with Crippen molar-refractivity contribution in [2.45, 2.75) is 27.2 Å². The summed E-state index contributed by atoms with van der Waals surface area (Å²) in [6.45, 7) is 7.10. The Morgan fingerprint density at radius 1 is 1.50 bits per heavy atom. The number of aryl methyl sites for hydroxylation is 1. The number of nitrogens with one attached hydrogen (secondary N) is 1. The van der Waals surface area contributed by atoms with Crippen LogP contribution in [-0.2, 0) is 0 Å². The first-order valence-corrected chi connectivity index (χ1v) is 5.51. The molecule has 0 radical (unpaired) electrons. The summed E-state index contributed by atoms with van der Waals surface area (Å²) in [6.07, 6.45) is 2.55. The van der Waals surface area contributed by atoms with E-state index in [1.807, 2.05) is 13.0 Å². The predicted molar refractivity (Wildman–Crippen MR) is 67.4 cm³/mol. The van der Waals surface area contributed by atoms with Gasteiger partial charge in [-0.2, -0.15) is 0 Å². The van der Waals surface area contributed by atoms with E-state index in [4.69, 9.17) is 10.8 Å². The topological polar surface area (TPSA) is 71.2 Å². The smallest absolute Gasteiger partial charge is 0.149 e. The van der Waals surface area contributed by atoms with Crippen LogP contribution in [0.3, 0.4) is 0 Å². The Bertz CT molecular complexity index is 350. The molecule has 1 rings (SSSR count). The number of pyridine rings is 1. The zero-order valence-corrected chi connectivity index (χ0v) is 10.2. The molecule has 1 aromatic heterocycles. The maximum atomic E-state index is 8.92. The molecule has 0 fully saturated rings. The maximum absolute atomic E-state index is 8.92. The molecule has 1 heterocycles. The van der Waals surface area contributed by atoms with Crippen LogP contribution in [0.25, 0.3) is 0 Å². The van der Waals surface area contributed by atoms with E-state index in [2.05, 4.69) is 24.1 Å². The highest BCUT2D eigenvalue weighted by Gasteiger charge is 2.17. The Labute approximate surface area is 96.9 Å². The van der Waals surface area contributed by atoms with E-state index in [0.29, 0.717) is 5.69 Å². The Balaban J connectivity index is 2.61. The number of aliphatic hydroxyl groups excluding tert-OH is 1. The second-order valence-corrected chi connectivity index (χ2v) is 4.94. The van der Waals surface area contributed by atoms with Crippen molar-refractivity contribution in [3.63, 3.8) is 0 Å². The number of aliphatic hydroxyl groups is 1. The lowest BCUT2D eigenvalue weighted by Gasteiger charge is -2.24. The summed E-state index contributed by atoms with van der Waals surface area (Å²) in [4.78, 5) is 4.24. The minimum atomic E-state index is 0.0355. The SMILES string of the molecule is Cc1cnc(NCC(C)(C)CCO)c(N)c1. The molecule has 0 aliphatic carbocycles. The fourth-order valence-corrected chi connectivity index (χ4v) is 1.45. The van der Waals surface area contributed by atoms with Crippen LogP contribution in [0.15, 0.2) is 12.3 Å². The molecule has 0 saturated heterocycles. The molecule has 0 bridgehead atoms. The fraction of sp³-hybridized carbons (Fsp3) is 0.583. The average molecular weight is 223 g/mol. The zero-order chi connectivity index (χ0) is 12.2. The number of hydrogen-bond acceptors (Lipinski definition) is 4. The van der Waals surface area contributed by atoms with Crippen LogP contribution in [0.1, 0.15) is 25.8 Å². The van der Waals surface area contributed by atoms with E-state index < -0.39 is 0 Å². The van der Waals surface area contributed by atoms with Gasteiger partial charge in [-0.3, -0.25) is 0 Å². The molecular formula is C12H21N3O. The summed E-state index contributed by atoms with van der Waals surface area (Å²) in [6, 6.07) is 1.90. The van der Waals surface area contributed by atoms with Crippen LogP contribution in [0.5, 0.6) is 0 Å². The van der Waals surface area contributed by atoms with Gasteiger partial charge in [0.25, 0.3) is 0 Å². The molecule has 0 amide bonds. The lowest BCUT2D eigenvalue weighted by Crippen LogP contribution is -2.25. The van der Waals surface area contributed by atoms with Crippen molar-refractivity contribution in [1.29, 1.82) is 0 Å². The van der Waals surface area contributed by atoms with Gasteiger partial charge in [0.2, 0.25) is 0 Å². The van der Waals surface area contributed by atoms with E-state index in [1.54, 1.807) is 6.20 Å². The van der Waals surface area contributed by atoms with Crippen molar-refractivity contribution in [3.05, 3.63) is 17.8 Å². The van der Waals surface area contributed by atoms with Crippen LogP contribution in [0.2, 0.25) is 0 Å². The van der Waals surface area contributed by atoms with Gasteiger partial charge in [0, 0.05) is 19.3 Å². The van der Waals surface area contributed by atoms with Crippen LogP contribution in [0.4, 0.5) is 11.5 Å². The molecule has 0 atom stereocenters. The molecule has 90 valence electrons. The van der Waals surface area contributed by atoms with Crippen molar-refractivity contribution in [1.82, 2.24) is 4.98 Å². The molecule has 16 heavy (non-hydrogen) atoms. The van der Waals surface area contributed by atoms with Gasteiger partial charge in [-0.25, -0.2) is 4.98 Å². The number of rotatable bonds is 5. The average Bonchev–Trinajstić information content (AvgIpc) is 2.16. The molecule has 4 heteroatoms. The van der Waals surface area contributed by atoms with Crippen molar-refractivity contribution in [2.75, 3.05) is 24.2 Å². The molecule has 1 aromatic rings. The molecule has 0 saturated carbocycles. The van der Waals surface area contributed by atoms with Gasteiger partial charge in [-0.15, -0.1) is 0 Å². The van der Waals surface area contributed by atoms with Gasteiger partial charge < -0.3 is 16.2 Å². The number of aromatic nitrogens is 1. The lowest BCUT2D eigenvalue weighted by atomic mass is 9.90. The molecule has 0 spiro atoms. The van der Waals surface area contributed by atoms with Crippen LogP contribution < -0.4 is 11.1 Å². The molecule has 0 aliphatic rings. The van der Waals surface area contributed by atoms with E-state index in [9.17, 15) is 0 Å². The standard InChI is InChI=1S/C12H21N3O/c1-9-6-10(13)11(14-7-9)15-8-12(2,3)4-5-16/h6-7,16H,4-5,8,13H2,1-3H3,(H,14,15). The van der Waals surface area contributed by atoms with Crippen molar-refractivity contribution in [3.8, 4) is 0 Å². The summed E-state index contributed by atoms with van der Waals surface area (Å²) in [5, 5.41) is 12.1. The monoisotopic (exact) mass is 223 g/mol. The first-order valence-electron chi connectivity index (χ1n) is 5.51. The van der Waals surface area contributed by atoms with E-state index in [0.717, 1.165) is 24.3 Å². The summed E-state index contributed by atoms with van der Waals surface area (Å²) < 4.78 is 0. The molecule has 4 nitrogen and oxygen atoms in total. The second kappa shape index (κ2) is 5.16. The van der Waals surface area contributed by atoms with Crippen LogP contribution in [-0.4, -0.2) is 23.2 Å². The summed E-state index contributed by atoms with van der Waals surface area (Å²) in [5.41, 5.74) is 7.61. The number of anilines is 2. The Morgan fingerprint density at radius 2 is 2.19 bits per heavy atom. The highest BCUT2D eigenvalue weighted by atomic mass is 16.3. The van der Waals surface area contributed by atoms with Gasteiger partial charge in [-0.1, -0.05) is 13.8 Å². The summed E-state index contributed by atoms with van der Waals surface area (Å²) in [5.74, 6) is 0.719. The highest BCUT2D eigenvalue weighted by molar-refractivity contribution is 5.61. The van der Waals surface area contributed by atoms with Gasteiger partial charge in [0.05, 0.1) is 5.69 Å². The van der Waals surface area contributed by atoms with E-state index in [-0.39, 0.29) is 12.0 Å². The highest BCUT2D eigenvalue weighted by Crippen LogP contribution is 2.22. The molecule has 4 N–H and O–H groups in total. The number of nitrogen functional groups attached to an aromatic ring is 1. The number of hydrogen-bond donors (Lipinski definition) is 3. The number of nitrogens with zero attached hydrogens (tertiary/aromatic N) is 1. The van der Waals surface area contributed by atoms with Crippen LogP contribution >= 0.6 is 0 Å². The van der Waals surface area contributed by atoms with Gasteiger partial charge in [0.1, 0.15) is 5.82 Å². The van der Waals surface area contributed by atoms with Gasteiger partial charge in [0.15, 0.2) is 0 Å². The van der Waals surface area contributed by atoms with E-state index in [1.165, 1.54) is 0 Å². The Morgan fingerprint density at radius 3 is 2.75 bits per heavy atom. The largest absolute Gasteiger partial charge is 0.396 e. The lowest BCUT2D eigenvalue weighted by molar-refractivity contribution is 0.220. The third-order valence-corrected chi connectivity index (χ3v) is 2.58. The van der Waals surface area contributed by atoms with Crippen LogP contribution in [0, 0.1) is 12.3 Å². The number of nitrogens with two attached hydrogens (primary N) is 1. The molecular weight excluding hydrogens is 202 g/mol. The maximum Gasteiger partial charge on any atom is 0.149 e. The van der Waals surface area contributed by atoms with Crippen molar-refractivity contribution in [2.24, 2.45) is 5.41 Å². The minimum Gasteiger partial charge on any atom is -0.396 e. The quantitative estimate of drug-likeness (QED) is 0.711. The predicted octanol–water partition coefficient (Wildman–Crippen LogP) is 1.79. The first kappa shape index (κ1) is 12.8. The Kier molecular flexibility index (Phi) is 4.12. The Hall–Kier alpha value is -1.29. The molecule has 0 aliphatic heterocycles. The fourth-order valence-electron chi connectivity index (χ4n) is 1.45. The normalized spacial score (nSPS) is 11.5. The zero-order valence-electron chi connectivity index (χ0n) is 10.2. The van der Waals surface area contributed by atoms with Gasteiger partial charge >= 0.3 is 0 Å². The minimum absolute atomic E-state index is 0.0355. The third-order valence-electron chi connectivity index (χ3n) is 2.58. The van der Waals surface area contributed by atoms with Crippen molar-refractivity contribution < 1.29 is 5.11 Å².